The predicted molar refractivity (Wildman–Crippen MR) is 69.7 cm³/mol. The van der Waals surface area contributed by atoms with E-state index in [1.165, 1.54) is 5.56 Å². The second-order valence-electron chi connectivity index (χ2n) is 3.80. The Hall–Kier alpha value is -1.47. The third-order valence-corrected chi connectivity index (χ3v) is 3.00. The minimum atomic E-state index is 0.644. The summed E-state index contributed by atoms with van der Waals surface area (Å²) in [6, 6.07) is 16.2. The van der Waals surface area contributed by atoms with Crippen LogP contribution in [0, 0.1) is 0 Å². The molecule has 2 aromatic rings. The Morgan fingerprint density at radius 3 is 2.38 bits per heavy atom. The molecule has 2 heteroatoms. The van der Waals surface area contributed by atoms with Gasteiger partial charge >= 0.3 is 0 Å². The van der Waals surface area contributed by atoms with Gasteiger partial charge in [0.05, 0.1) is 10.7 Å². The highest BCUT2D eigenvalue weighted by Gasteiger charge is 2.02. The van der Waals surface area contributed by atoms with Crippen LogP contribution in [-0.2, 0) is 12.8 Å². The number of benzene rings is 2. The lowest BCUT2D eigenvalue weighted by atomic mass is 10.0. The van der Waals surface area contributed by atoms with E-state index in [0.717, 1.165) is 18.4 Å². The highest BCUT2D eigenvalue weighted by Crippen LogP contribution is 2.23. The fourth-order valence-corrected chi connectivity index (χ4v) is 1.92. The van der Waals surface area contributed by atoms with Crippen LogP contribution in [0.4, 0.5) is 5.69 Å². The van der Waals surface area contributed by atoms with Gasteiger partial charge in [-0.05, 0) is 30.0 Å². The lowest BCUT2D eigenvalue weighted by Crippen LogP contribution is -1.97. The summed E-state index contributed by atoms with van der Waals surface area (Å²) in [6.45, 7) is 0. The van der Waals surface area contributed by atoms with Gasteiger partial charge in [0.1, 0.15) is 0 Å². The summed E-state index contributed by atoms with van der Waals surface area (Å²) in [5.41, 5.74) is 9.07. The zero-order valence-electron chi connectivity index (χ0n) is 8.99. The molecule has 0 atom stereocenters. The minimum Gasteiger partial charge on any atom is -0.397 e. The second kappa shape index (κ2) is 5.04. The molecule has 0 spiro atoms. The standard InChI is InChI=1S/C14H14ClN/c15-13-8-4-7-12(14(13)16)10-9-11-5-2-1-3-6-11/h1-8H,9-10,16H2. The lowest BCUT2D eigenvalue weighted by Gasteiger charge is -2.07. The zero-order valence-corrected chi connectivity index (χ0v) is 9.74. The van der Waals surface area contributed by atoms with E-state index in [1.807, 2.05) is 24.3 Å². The van der Waals surface area contributed by atoms with Crippen molar-refractivity contribution in [3.8, 4) is 0 Å². The molecule has 0 aliphatic heterocycles. The van der Waals surface area contributed by atoms with Crippen LogP contribution in [0.15, 0.2) is 48.5 Å². The van der Waals surface area contributed by atoms with Gasteiger partial charge in [-0.1, -0.05) is 54.1 Å². The molecule has 0 aliphatic rings. The van der Waals surface area contributed by atoms with Crippen molar-refractivity contribution in [1.29, 1.82) is 0 Å². The molecular formula is C14H14ClN. The fraction of sp³-hybridized carbons (Fsp3) is 0.143. The highest BCUT2D eigenvalue weighted by molar-refractivity contribution is 6.33. The fourth-order valence-electron chi connectivity index (χ4n) is 1.72. The van der Waals surface area contributed by atoms with Crippen molar-refractivity contribution >= 4 is 17.3 Å². The maximum atomic E-state index is 5.97. The third kappa shape index (κ3) is 2.56. The van der Waals surface area contributed by atoms with E-state index in [-0.39, 0.29) is 0 Å². The van der Waals surface area contributed by atoms with E-state index >= 15 is 0 Å². The van der Waals surface area contributed by atoms with Gasteiger partial charge in [0.2, 0.25) is 0 Å². The van der Waals surface area contributed by atoms with Crippen molar-refractivity contribution in [3.05, 3.63) is 64.7 Å². The van der Waals surface area contributed by atoms with E-state index in [0.29, 0.717) is 10.7 Å². The SMILES string of the molecule is Nc1c(Cl)cccc1CCc1ccccc1. The molecule has 0 bridgehead atoms. The molecule has 0 saturated carbocycles. The first-order valence-electron chi connectivity index (χ1n) is 5.34. The van der Waals surface area contributed by atoms with E-state index < -0.39 is 0 Å². The predicted octanol–water partition coefficient (Wildman–Crippen LogP) is 3.71. The lowest BCUT2D eigenvalue weighted by molar-refractivity contribution is 0.963. The number of hydrogen-bond acceptors (Lipinski definition) is 1. The van der Waals surface area contributed by atoms with Crippen LogP contribution in [0.3, 0.4) is 0 Å². The van der Waals surface area contributed by atoms with Gasteiger partial charge < -0.3 is 5.73 Å². The van der Waals surface area contributed by atoms with Gasteiger partial charge in [0, 0.05) is 0 Å². The number of halogens is 1. The van der Waals surface area contributed by atoms with Crippen LogP contribution < -0.4 is 5.73 Å². The maximum Gasteiger partial charge on any atom is 0.0638 e. The maximum absolute atomic E-state index is 5.97. The zero-order chi connectivity index (χ0) is 11.4. The molecule has 0 aliphatic carbocycles. The molecule has 0 fully saturated rings. The van der Waals surface area contributed by atoms with Gasteiger partial charge in [-0.2, -0.15) is 0 Å². The quantitative estimate of drug-likeness (QED) is 0.801. The Kier molecular flexibility index (Phi) is 3.47. The average Bonchev–Trinajstić information content (AvgIpc) is 2.32. The molecule has 1 nitrogen and oxygen atoms in total. The van der Waals surface area contributed by atoms with E-state index in [2.05, 4.69) is 24.3 Å². The molecule has 2 N–H and O–H groups in total. The molecule has 2 aromatic carbocycles. The second-order valence-corrected chi connectivity index (χ2v) is 4.21. The van der Waals surface area contributed by atoms with Crippen molar-refractivity contribution in [2.75, 3.05) is 5.73 Å². The Bertz CT molecular complexity index is 465. The van der Waals surface area contributed by atoms with Crippen molar-refractivity contribution in [3.63, 3.8) is 0 Å². The first-order valence-corrected chi connectivity index (χ1v) is 5.72. The molecule has 0 heterocycles. The van der Waals surface area contributed by atoms with Gasteiger partial charge in [-0.15, -0.1) is 0 Å². The van der Waals surface area contributed by atoms with Gasteiger partial charge in [0.25, 0.3) is 0 Å². The molecular weight excluding hydrogens is 218 g/mol. The summed E-state index contributed by atoms with van der Waals surface area (Å²) in [7, 11) is 0. The number of aryl methyl sites for hydroxylation is 2. The number of rotatable bonds is 3. The molecule has 16 heavy (non-hydrogen) atoms. The Morgan fingerprint density at radius 1 is 0.875 bits per heavy atom. The van der Waals surface area contributed by atoms with Crippen molar-refractivity contribution < 1.29 is 0 Å². The Labute approximate surface area is 101 Å². The van der Waals surface area contributed by atoms with E-state index in [4.69, 9.17) is 17.3 Å². The van der Waals surface area contributed by atoms with E-state index in [9.17, 15) is 0 Å². The van der Waals surface area contributed by atoms with Crippen LogP contribution in [0.1, 0.15) is 11.1 Å². The molecule has 2 rings (SSSR count). The Balaban J connectivity index is 2.08. The normalized spacial score (nSPS) is 10.3. The van der Waals surface area contributed by atoms with Crippen LogP contribution in [0.2, 0.25) is 5.02 Å². The summed E-state index contributed by atoms with van der Waals surface area (Å²) >= 11 is 5.97. The average molecular weight is 232 g/mol. The summed E-state index contributed by atoms with van der Waals surface area (Å²) < 4.78 is 0. The van der Waals surface area contributed by atoms with Crippen LogP contribution in [0.5, 0.6) is 0 Å². The molecule has 82 valence electrons. The summed E-state index contributed by atoms with van der Waals surface area (Å²) in [5, 5.41) is 0.644. The minimum absolute atomic E-state index is 0.644. The number of para-hydroxylation sites is 1. The van der Waals surface area contributed by atoms with Gasteiger partial charge in [-0.25, -0.2) is 0 Å². The van der Waals surface area contributed by atoms with Crippen LogP contribution in [-0.4, -0.2) is 0 Å². The number of hydrogen-bond donors (Lipinski definition) is 1. The van der Waals surface area contributed by atoms with Crippen molar-refractivity contribution in [2.45, 2.75) is 12.8 Å². The summed E-state index contributed by atoms with van der Waals surface area (Å²) in [6.07, 6.45) is 1.92. The third-order valence-electron chi connectivity index (χ3n) is 2.67. The van der Waals surface area contributed by atoms with Gasteiger partial charge in [-0.3, -0.25) is 0 Å². The number of nitrogen functional groups attached to an aromatic ring is 1. The molecule has 0 saturated heterocycles. The van der Waals surface area contributed by atoms with Crippen LogP contribution >= 0.6 is 11.6 Å². The van der Waals surface area contributed by atoms with Crippen molar-refractivity contribution in [1.82, 2.24) is 0 Å². The molecule has 0 unspecified atom stereocenters. The molecule has 0 aromatic heterocycles. The summed E-state index contributed by atoms with van der Waals surface area (Å²) in [5.74, 6) is 0. The first kappa shape index (κ1) is 11.0. The number of anilines is 1. The monoisotopic (exact) mass is 231 g/mol. The topological polar surface area (TPSA) is 26.0 Å². The smallest absolute Gasteiger partial charge is 0.0638 e. The Morgan fingerprint density at radius 2 is 1.62 bits per heavy atom. The summed E-state index contributed by atoms with van der Waals surface area (Å²) in [4.78, 5) is 0. The molecule has 0 radical (unpaired) electrons. The molecule has 0 amide bonds. The van der Waals surface area contributed by atoms with Gasteiger partial charge in [0.15, 0.2) is 0 Å². The largest absolute Gasteiger partial charge is 0.397 e. The first-order chi connectivity index (χ1) is 7.77. The number of nitrogens with two attached hydrogens (primary N) is 1. The van der Waals surface area contributed by atoms with Crippen LogP contribution in [0.25, 0.3) is 0 Å². The van der Waals surface area contributed by atoms with Crippen molar-refractivity contribution in [2.24, 2.45) is 0 Å². The highest BCUT2D eigenvalue weighted by atomic mass is 35.5. The van der Waals surface area contributed by atoms with E-state index in [1.54, 1.807) is 0 Å².